The molecule has 1 atom stereocenters. The minimum absolute atomic E-state index is 0.0869. The third-order valence-electron chi connectivity index (χ3n) is 5.09. The Morgan fingerprint density at radius 1 is 1.38 bits per heavy atom. The van der Waals surface area contributed by atoms with E-state index in [0.29, 0.717) is 12.6 Å². The van der Waals surface area contributed by atoms with Crippen LogP contribution < -0.4 is 10.6 Å². The van der Waals surface area contributed by atoms with Gasteiger partial charge in [-0.15, -0.1) is 0 Å². The molecule has 2 aliphatic rings. The molecule has 2 aliphatic heterocycles. The second-order valence-corrected chi connectivity index (χ2v) is 7.63. The molecule has 2 fully saturated rings. The van der Waals surface area contributed by atoms with Crippen molar-refractivity contribution < 1.29 is 9.53 Å². The number of hydrogen-bond acceptors (Lipinski definition) is 3. The van der Waals surface area contributed by atoms with Crippen LogP contribution in [0.15, 0.2) is 24.3 Å². The highest BCUT2D eigenvalue weighted by Crippen LogP contribution is 2.25. The van der Waals surface area contributed by atoms with Gasteiger partial charge in [-0.25, -0.2) is 4.79 Å². The van der Waals surface area contributed by atoms with Crippen LogP contribution in [0.3, 0.4) is 0 Å². The van der Waals surface area contributed by atoms with Gasteiger partial charge in [0.1, 0.15) is 0 Å². The Labute approximate surface area is 144 Å². The molecule has 0 spiro atoms. The summed E-state index contributed by atoms with van der Waals surface area (Å²) in [7, 11) is 0. The molecular weight excluding hydrogens is 302 g/mol. The van der Waals surface area contributed by atoms with Crippen molar-refractivity contribution in [1.82, 2.24) is 10.2 Å². The van der Waals surface area contributed by atoms with Crippen molar-refractivity contribution in [3.8, 4) is 0 Å². The number of nitrogens with zero attached hydrogens (tertiary/aromatic N) is 1. The van der Waals surface area contributed by atoms with Gasteiger partial charge in [0.25, 0.3) is 0 Å². The van der Waals surface area contributed by atoms with Gasteiger partial charge in [-0.05, 0) is 44.0 Å². The Bertz CT molecular complexity index is 571. The molecule has 3 rings (SSSR count). The highest BCUT2D eigenvalue weighted by atomic mass is 16.5. The predicted molar refractivity (Wildman–Crippen MR) is 96.1 cm³/mol. The fraction of sp³-hybridized carbons (Fsp3) is 0.632. The van der Waals surface area contributed by atoms with Gasteiger partial charge in [0, 0.05) is 30.2 Å². The van der Waals surface area contributed by atoms with Crippen LogP contribution in [0.4, 0.5) is 10.5 Å². The monoisotopic (exact) mass is 331 g/mol. The number of nitrogens with one attached hydrogen (secondary N) is 2. The molecule has 5 nitrogen and oxygen atoms in total. The van der Waals surface area contributed by atoms with Crippen molar-refractivity contribution in [1.29, 1.82) is 0 Å². The number of likely N-dealkylation sites (tertiary alicyclic amines) is 1. The first-order chi connectivity index (χ1) is 11.5. The van der Waals surface area contributed by atoms with Crippen LogP contribution in [-0.2, 0) is 11.3 Å². The molecule has 0 aliphatic carbocycles. The average molecular weight is 331 g/mol. The van der Waals surface area contributed by atoms with E-state index in [9.17, 15) is 4.79 Å². The molecule has 2 saturated heterocycles. The summed E-state index contributed by atoms with van der Waals surface area (Å²) in [6, 6.07) is 8.67. The molecule has 24 heavy (non-hydrogen) atoms. The predicted octanol–water partition coefficient (Wildman–Crippen LogP) is 3.22. The van der Waals surface area contributed by atoms with Crippen molar-refractivity contribution in [2.75, 3.05) is 31.6 Å². The number of ether oxygens (including phenoxy) is 1. The number of benzene rings is 1. The molecule has 1 aromatic rings. The van der Waals surface area contributed by atoms with Crippen LogP contribution in [-0.4, -0.2) is 43.3 Å². The lowest BCUT2D eigenvalue weighted by atomic mass is 9.89. The first-order valence-corrected chi connectivity index (χ1v) is 9.00. The number of anilines is 1. The molecule has 0 saturated carbocycles. The van der Waals surface area contributed by atoms with Gasteiger partial charge in [0.2, 0.25) is 0 Å². The van der Waals surface area contributed by atoms with Crippen LogP contribution in [0, 0.1) is 5.41 Å². The summed E-state index contributed by atoms with van der Waals surface area (Å²) in [5, 5.41) is 5.88. The summed E-state index contributed by atoms with van der Waals surface area (Å²) >= 11 is 0. The van der Waals surface area contributed by atoms with Crippen LogP contribution in [0.5, 0.6) is 0 Å². The summed E-state index contributed by atoms with van der Waals surface area (Å²) in [5.74, 6) is 0. The van der Waals surface area contributed by atoms with Gasteiger partial charge in [-0.3, -0.25) is 4.90 Å². The van der Waals surface area contributed by atoms with Crippen molar-refractivity contribution in [2.24, 2.45) is 5.41 Å². The molecule has 2 amide bonds. The first-order valence-electron chi connectivity index (χ1n) is 9.00. The van der Waals surface area contributed by atoms with E-state index in [1.807, 2.05) is 12.1 Å². The second kappa shape index (κ2) is 7.53. The van der Waals surface area contributed by atoms with Gasteiger partial charge < -0.3 is 15.4 Å². The lowest BCUT2D eigenvalue weighted by molar-refractivity contribution is -0.0974. The number of piperidine rings is 1. The average Bonchev–Trinajstić information content (AvgIpc) is 2.54. The molecule has 1 aromatic carbocycles. The van der Waals surface area contributed by atoms with Gasteiger partial charge in [0.05, 0.1) is 13.2 Å². The van der Waals surface area contributed by atoms with E-state index < -0.39 is 0 Å². The highest BCUT2D eigenvalue weighted by Gasteiger charge is 2.33. The van der Waals surface area contributed by atoms with E-state index >= 15 is 0 Å². The Balaban J connectivity index is 1.51. The number of amides is 2. The Hall–Kier alpha value is -1.59. The summed E-state index contributed by atoms with van der Waals surface area (Å²) in [5.41, 5.74) is 2.19. The molecule has 0 bridgehead atoms. The smallest absolute Gasteiger partial charge is 0.319 e. The summed E-state index contributed by atoms with van der Waals surface area (Å²) in [6.07, 6.45) is 3.90. The van der Waals surface area contributed by atoms with E-state index in [2.05, 4.69) is 41.5 Å². The zero-order valence-corrected chi connectivity index (χ0v) is 14.8. The SMILES string of the molecule is C[C@H]1CCCCN1Cc1cccc(NC(=O)NCC2(C)COC2)c1. The summed E-state index contributed by atoms with van der Waals surface area (Å²) < 4.78 is 5.21. The van der Waals surface area contributed by atoms with E-state index in [0.717, 1.165) is 25.4 Å². The Morgan fingerprint density at radius 2 is 2.21 bits per heavy atom. The fourth-order valence-electron chi connectivity index (χ4n) is 3.40. The maximum Gasteiger partial charge on any atom is 0.319 e. The standard InChI is InChI=1S/C19H29N3O2/c1-15-6-3-4-9-22(15)11-16-7-5-8-17(10-16)21-18(23)20-12-19(2)13-24-14-19/h5,7-8,10,15H,3-4,6,9,11-14H2,1-2H3,(H2,20,21,23)/t15-/m0/s1. The van der Waals surface area contributed by atoms with Gasteiger partial charge in [0.15, 0.2) is 0 Å². The lowest BCUT2D eigenvalue weighted by Crippen LogP contribution is -2.49. The van der Waals surface area contributed by atoms with E-state index in [4.69, 9.17) is 4.74 Å². The van der Waals surface area contributed by atoms with Crippen molar-refractivity contribution in [2.45, 2.75) is 45.7 Å². The highest BCUT2D eigenvalue weighted by molar-refractivity contribution is 5.89. The molecule has 5 heteroatoms. The van der Waals surface area contributed by atoms with E-state index in [-0.39, 0.29) is 11.4 Å². The molecule has 132 valence electrons. The third kappa shape index (κ3) is 4.48. The zero-order valence-electron chi connectivity index (χ0n) is 14.8. The maximum atomic E-state index is 12.1. The fourth-order valence-corrected chi connectivity index (χ4v) is 3.40. The number of urea groups is 1. The van der Waals surface area contributed by atoms with Gasteiger partial charge >= 0.3 is 6.03 Å². The summed E-state index contributed by atoms with van der Waals surface area (Å²) in [4.78, 5) is 14.6. The van der Waals surface area contributed by atoms with E-state index in [1.54, 1.807) is 0 Å². The summed E-state index contributed by atoms with van der Waals surface area (Å²) in [6.45, 7) is 8.63. The quantitative estimate of drug-likeness (QED) is 0.871. The molecule has 0 aromatic heterocycles. The van der Waals surface area contributed by atoms with Crippen LogP contribution in [0.2, 0.25) is 0 Å². The minimum Gasteiger partial charge on any atom is -0.380 e. The Morgan fingerprint density at radius 3 is 2.92 bits per heavy atom. The second-order valence-electron chi connectivity index (χ2n) is 7.63. The normalized spacial score (nSPS) is 23.3. The van der Waals surface area contributed by atoms with Crippen LogP contribution in [0.1, 0.15) is 38.7 Å². The van der Waals surface area contributed by atoms with Crippen LogP contribution >= 0.6 is 0 Å². The number of carbonyl (C=O) groups excluding carboxylic acids is 1. The first kappa shape index (κ1) is 17.2. The molecule has 2 heterocycles. The van der Waals surface area contributed by atoms with Crippen molar-refractivity contribution >= 4 is 11.7 Å². The number of carbonyl (C=O) groups is 1. The van der Waals surface area contributed by atoms with Crippen molar-refractivity contribution in [3.63, 3.8) is 0 Å². The van der Waals surface area contributed by atoms with E-state index in [1.165, 1.54) is 31.4 Å². The minimum atomic E-state index is -0.147. The Kier molecular flexibility index (Phi) is 5.41. The van der Waals surface area contributed by atoms with Crippen LogP contribution in [0.25, 0.3) is 0 Å². The third-order valence-corrected chi connectivity index (χ3v) is 5.09. The molecule has 2 N–H and O–H groups in total. The topological polar surface area (TPSA) is 53.6 Å². The zero-order chi connectivity index (χ0) is 17.0. The molecule has 0 unspecified atom stereocenters. The van der Waals surface area contributed by atoms with Crippen molar-refractivity contribution in [3.05, 3.63) is 29.8 Å². The lowest BCUT2D eigenvalue weighted by Gasteiger charge is -2.37. The number of hydrogen-bond donors (Lipinski definition) is 2. The molecular formula is C19H29N3O2. The molecule has 0 radical (unpaired) electrons. The maximum absolute atomic E-state index is 12.1. The number of rotatable bonds is 5. The van der Waals surface area contributed by atoms with Gasteiger partial charge in [-0.2, -0.15) is 0 Å². The largest absolute Gasteiger partial charge is 0.380 e. The van der Waals surface area contributed by atoms with Gasteiger partial charge in [-0.1, -0.05) is 25.5 Å².